The van der Waals surface area contributed by atoms with E-state index in [1.54, 1.807) is 0 Å². The molecule has 16 heavy (non-hydrogen) atoms. The second-order valence-electron chi connectivity index (χ2n) is 3.38. The first-order valence-electron chi connectivity index (χ1n) is 5.78. The molecule has 0 aliphatic rings. The van der Waals surface area contributed by atoms with Gasteiger partial charge in [-0.1, -0.05) is 5.11 Å². The lowest BCUT2D eigenvalue weighted by Crippen LogP contribution is -2.06. The molecule has 0 atom stereocenters. The van der Waals surface area contributed by atoms with Gasteiger partial charge in [0.25, 0.3) is 0 Å². The molecule has 6 heteroatoms. The van der Waals surface area contributed by atoms with Crippen molar-refractivity contribution >= 4 is 0 Å². The van der Waals surface area contributed by atoms with Crippen molar-refractivity contribution < 1.29 is 9.47 Å². The monoisotopic (exact) mass is 230 g/mol. The smallest absolute Gasteiger partial charge is 0.0478 e. The summed E-state index contributed by atoms with van der Waals surface area (Å²) >= 11 is 0. The van der Waals surface area contributed by atoms with Crippen LogP contribution in [0.25, 0.3) is 10.4 Å². The van der Waals surface area contributed by atoms with E-state index in [0.717, 1.165) is 45.5 Å². The standard InChI is InChI=1S/C10H22N4O2/c11-5-3-9-15-7-1-2-8-16-10-4-6-13-14-12/h1-11H2. The van der Waals surface area contributed by atoms with Crippen LogP contribution in [0, 0.1) is 0 Å². The summed E-state index contributed by atoms with van der Waals surface area (Å²) in [6, 6.07) is 0. The number of hydrogen-bond acceptors (Lipinski definition) is 4. The molecule has 0 aliphatic carbocycles. The number of nitrogens with two attached hydrogens (primary N) is 1. The molecule has 0 unspecified atom stereocenters. The van der Waals surface area contributed by atoms with Gasteiger partial charge in [0, 0.05) is 37.9 Å². The highest BCUT2D eigenvalue weighted by atomic mass is 16.5. The van der Waals surface area contributed by atoms with Gasteiger partial charge in [-0.3, -0.25) is 0 Å². The normalized spacial score (nSPS) is 10.1. The van der Waals surface area contributed by atoms with Crippen LogP contribution in [-0.2, 0) is 9.47 Å². The van der Waals surface area contributed by atoms with Gasteiger partial charge in [0.15, 0.2) is 0 Å². The Balaban J connectivity index is 2.90. The van der Waals surface area contributed by atoms with Crippen LogP contribution < -0.4 is 5.73 Å². The van der Waals surface area contributed by atoms with Crippen molar-refractivity contribution in [1.82, 2.24) is 0 Å². The van der Waals surface area contributed by atoms with Crippen LogP contribution in [0.5, 0.6) is 0 Å². The summed E-state index contributed by atoms with van der Waals surface area (Å²) < 4.78 is 10.7. The maximum Gasteiger partial charge on any atom is 0.0478 e. The van der Waals surface area contributed by atoms with Gasteiger partial charge in [-0.15, -0.1) is 0 Å². The Morgan fingerprint density at radius 2 is 1.50 bits per heavy atom. The summed E-state index contributed by atoms with van der Waals surface area (Å²) in [6.45, 7) is 4.14. The molecule has 0 radical (unpaired) electrons. The largest absolute Gasteiger partial charge is 0.381 e. The van der Waals surface area contributed by atoms with Crippen LogP contribution in [0.15, 0.2) is 5.11 Å². The van der Waals surface area contributed by atoms with E-state index in [0.29, 0.717) is 19.7 Å². The van der Waals surface area contributed by atoms with Crippen molar-refractivity contribution in [3.05, 3.63) is 10.4 Å². The molecule has 2 N–H and O–H groups in total. The zero-order valence-electron chi connectivity index (χ0n) is 9.81. The fraction of sp³-hybridized carbons (Fsp3) is 1.00. The van der Waals surface area contributed by atoms with Gasteiger partial charge in [-0.2, -0.15) is 0 Å². The van der Waals surface area contributed by atoms with Crippen LogP contribution in [0.2, 0.25) is 0 Å². The molecule has 0 aliphatic heterocycles. The molecule has 0 saturated heterocycles. The Kier molecular flexibility index (Phi) is 13.5. The molecule has 0 aromatic carbocycles. The molecule has 0 spiro atoms. The van der Waals surface area contributed by atoms with Crippen molar-refractivity contribution in [2.24, 2.45) is 10.8 Å². The van der Waals surface area contributed by atoms with E-state index in [4.69, 9.17) is 20.7 Å². The molecule has 0 aromatic heterocycles. The zero-order chi connectivity index (χ0) is 11.9. The van der Waals surface area contributed by atoms with Crippen molar-refractivity contribution in [3.63, 3.8) is 0 Å². The van der Waals surface area contributed by atoms with E-state index in [1.807, 2.05) is 0 Å². The summed E-state index contributed by atoms with van der Waals surface area (Å²) in [5, 5.41) is 3.42. The number of hydrogen-bond donors (Lipinski definition) is 1. The number of ether oxygens (including phenoxy) is 2. The lowest BCUT2D eigenvalue weighted by atomic mass is 10.3. The third-order valence-corrected chi connectivity index (χ3v) is 1.93. The van der Waals surface area contributed by atoms with Crippen LogP contribution in [0.4, 0.5) is 0 Å². The fourth-order valence-electron chi connectivity index (χ4n) is 1.08. The van der Waals surface area contributed by atoms with Gasteiger partial charge in [0.1, 0.15) is 0 Å². The first-order valence-corrected chi connectivity index (χ1v) is 5.78. The summed E-state index contributed by atoms with van der Waals surface area (Å²) in [6.07, 6.45) is 3.73. The Morgan fingerprint density at radius 3 is 2.06 bits per heavy atom. The average Bonchev–Trinajstić information content (AvgIpc) is 2.31. The molecular formula is C10H22N4O2. The summed E-state index contributed by atoms with van der Waals surface area (Å²) in [5.74, 6) is 0. The van der Waals surface area contributed by atoms with Gasteiger partial charge >= 0.3 is 0 Å². The minimum absolute atomic E-state index is 0.513. The highest BCUT2D eigenvalue weighted by molar-refractivity contribution is 4.46. The average molecular weight is 230 g/mol. The van der Waals surface area contributed by atoms with Crippen molar-refractivity contribution in [1.29, 1.82) is 0 Å². The molecule has 0 saturated carbocycles. The SMILES string of the molecule is [N-]=[N+]=NCCCOCCCCOCCCN. The van der Waals surface area contributed by atoms with E-state index < -0.39 is 0 Å². The highest BCUT2D eigenvalue weighted by Crippen LogP contribution is 1.93. The topological polar surface area (TPSA) is 93.2 Å². The number of azide groups is 1. The molecule has 6 nitrogen and oxygen atoms in total. The highest BCUT2D eigenvalue weighted by Gasteiger charge is 1.91. The van der Waals surface area contributed by atoms with Crippen molar-refractivity contribution in [2.45, 2.75) is 25.7 Å². The molecule has 0 bridgehead atoms. The van der Waals surface area contributed by atoms with Gasteiger partial charge < -0.3 is 15.2 Å². The second-order valence-corrected chi connectivity index (χ2v) is 3.38. The summed E-state index contributed by atoms with van der Waals surface area (Å²) in [5.41, 5.74) is 13.4. The minimum Gasteiger partial charge on any atom is -0.381 e. The number of rotatable bonds is 12. The van der Waals surface area contributed by atoms with Crippen LogP contribution >= 0.6 is 0 Å². The third-order valence-electron chi connectivity index (χ3n) is 1.93. The number of nitrogens with zero attached hydrogens (tertiary/aromatic N) is 3. The Labute approximate surface area is 96.7 Å². The predicted molar refractivity (Wildman–Crippen MR) is 63.2 cm³/mol. The lowest BCUT2D eigenvalue weighted by molar-refractivity contribution is 0.102. The predicted octanol–water partition coefficient (Wildman–Crippen LogP) is 1.85. The Hall–Kier alpha value is -0.810. The van der Waals surface area contributed by atoms with E-state index in [-0.39, 0.29) is 0 Å². The second kappa shape index (κ2) is 14.2. The maximum atomic E-state index is 8.02. The fourth-order valence-corrected chi connectivity index (χ4v) is 1.08. The van der Waals surface area contributed by atoms with Crippen LogP contribution in [0.1, 0.15) is 25.7 Å². The van der Waals surface area contributed by atoms with Crippen molar-refractivity contribution in [2.75, 3.05) is 39.5 Å². The van der Waals surface area contributed by atoms with Crippen molar-refractivity contribution in [3.8, 4) is 0 Å². The lowest BCUT2D eigenvalue weighted by Gasteiger charge is -2.04. The quantitative estimate of drug-likeness (QED) is 0.240. The molecule has 94 valence electrons. The van der Waals surface area contributed by atoms with E-state index in [1.165, 1.54) is 0 Å². The van der Waals surface area contributed by atoms with E-state index in [9.17, 15) is 0 Å². The Bertz CT molecular complexity index is 184. The summed E-state index contributed by atoms with van der Waals surface area (Å²) in [4.78, 5) is 2.66. The maximum absolute atomic E-state index is 8.02. The molecular weight excluding hydrogens is 208 g/mol. The van der Waals surface area contributed by atoms with E-state index >= 15 is 0 Å². The Morgan fingerprint density at radius 1 is 0.938 bits per heavy atom. The molecule has 0 aromatic rings. The third kappa shape index (κ3) is 13.2. The van der Waals surface area contributed by atoms with Gasteiger partial charge in [0.05, 0.1) is 0 Å². The van der Waals surface area contributed by atoms with Gasteiger partial charge in [-0.05, 0) is 37.8 Å². The summed E-state index contributed by atoms with van der Waals surface area (Å²) in [7, 11) is 0. The zero-order valence-corrected chi connectivity index (χ0v) is 9.81. The molecule has 0 rings (SSSR count). The van der Waals surface area contributed by atoms with E-state index in [2.05, 4.69) is 10.0 Å². The van der Waals surface area contributed by atoms with Crippen LogP contribution in [-0.4, -0.2) is 39.5 Å². The first-order chi connectivity index (χ1) is 7.91. The minimum atomic E-state index is 0.513. The number of unbranched alkanes of at least 4 members (excludes halogenated alkanes) is 1. The molecule has 0 heterocycles. The van der Waals surface area contributed by atoms with Gasteiger partial charge in [0.2, 0.25) is 0 Å². The van der Waals surface area contributed by atoms with Gasteiger partial charge in [-0.25, -0.2) is 0 Å². The first kappa shape index (κ1) is 15.2. The molecule has 0 fully saturated rings. The van der Waals surface area contributed by atoms with Crippen LogP contribution in [0.3, 0.4) is 0 Å². The molecule has 0 amide bonds.